The minimum absolute atomic E-state index is 0.164. The van der Waals surface area contributed by atoms with Crippen LogP contribution in [0.2, 0.25) is 0 Å². The van der Waals surface area contributed by atoms with E-state index < -0.39 is 24.0 Å². The van der Waals surface area contributed by atoms with Crippen LogP contribution in [0.1, 0.15) is 41.9 Å². The van der Waals surface area contributed by atoms with Gasteiger partial charge in [-0.1, -0.05) is 25.1 Å². The molecule has 1 aliphatic rings. The molecule has 0 bridgehead atoms. The van der Waals surface area contributed by atoms with Gasteiger partial charge in [0, 0.05) is 12.2 Å². The van der Waals surface area contributed by atoms with Gasteiger partial charge in [-0.2, -0.15) is 0 Å². The van der Waals surface area contributed by atoms with Gasteiger partial charge in [-0.05, 0) is 55.3 Å². The van der Waals surface area contributed by atoms with Gasteiger partial charge in [0.2, 0.25) is 0 Å². The second-order valence-corrected chi connectivity index (χ2v) is 7.70. The number of esters is 1. The van der Waals surface area contributed by atoms with E-state index in [1.54, 1.807) is 17.0 Å². The molecule has 2 heterocycles. The topological polar surface area (TPSA) is 75.7 Å². The molecule has 2 aromatic rings. The van der Waals surface area contributed by atoms with Crippen LogP contribution >= 0.6 is 11.3 Å². The highest BCUT2D eigenvalue weighted by molar-refractivity contribution is 7.12. The van der Waals surface area contributed by atoms with E-state index in [-0.39, 0.29) is 5.91 Å². The van der Waals surface area contributed by atoms with E-state index in [0.717, 1.165) is 12.8 Å². The number of benzene rings is 1. The highest BCUT2D eigenvalue weighted by Gasteiger charge is 2.37. The molecule has 0 unspecified atom stereocenters. The van der Waals surface area contributed by atoms with Gasteiger partial charge >= 0.3 is 5.97 Å². The van der Waals surface area contributed by atoms with E-state index in [2.05, 4.69) is 12.2 Å². The standard InChI is InChI=1S/C21H24N2O4S/c1-3-15-8-10-16(11-9-15)22-19(24)14(2)27-21(26)17-6-4-12-23(17)20(25)18-7-5-13-28-18/h5,7-11,13-14,17H,3-4,6,12H2,1-2H3,(H,22,24)/t14-,17+/m1/s1. The fraction of sp³-hybridized carbons (Fsp3) is 0.381. The van der Waals surface area contributed by atoms with Gasteiger partial charge in [-0.3, -0.25) is 9.59 Å². The lowest BCUT2D eigenvalue weighted by Crippen LogP contribution is -2.43. The third-order valence-electron chi connectivity index (χ3n) is 4.81. The van der Waals surface area contributed by atoms with Crippen molar-refractivity contribution >= 4 is 34.8 Å². The van der Waals surface area contributed by atoms with Crippen LogP contribution < -0.4 is 5.32 Å². The third kappa shape index (κ3) is 4.59. The Balaban J connectivity index is 1.57. The Morgan fingerprint density at radius 1 is 1.25 bits per heavy atom. The highest BCUT2D eigenvalue weighted by atomic mass is 32.1. The fourth-order valence-electron chi connectivity index (χ4n) is 3.17. The first-order valence-electron chi connectivity index (χ1n) is 9.44. The second-order valence-electron chi connectivity index (χ2n) is 6.75. The van der Waals surface area contributed by atoms with Crippen molar-refractivity contribution in [3.8, 4) is 0 Å². The molecule has 2 atom stereocenters. The molecule has 7 heteroatoms. The van der Waals surface area contributed by atoms with E-state index in [9.17, 15) is 14.4 Å². The molecule has 0 radical (unpaired) electrons. The number of rotatable bonds is 6. The van der Waals surface area contributed by atoms with E-state index >= 15 is 0 Å². The van der Waals surface area contributed by atoms with Crippen LogP contribution in [0.25, 0.3) is 0 Å². The summed E-state index contributed by atoms with van der Waals surface area (Å²) in [6.45, 7) is 4.11. The number of anilines is 1. The van der Waals surface area contributed by atoms with E-state index in [1.165, 1.54) is 23.8 Å². The normalized spacial score (nSPS) is 17.2. The van der Waals surface area contributed by atoms with Crippen molar-refractivity contribution in [2.75, 3.05) is 11.9 Å². The predicted octanol–water partition coefficient (Wildman–Crippen LogP) is 3.49. The Labute approximate surface area is 168 Å². The molecule has 1 aromatic carbocycles. The molecular weight excluding hydrogens is 376 g/mol. The number of hydrogen-bond acceptors (Lipinski definition) is 5. The largest absolute Gasteiger partial charge is 0.451 e. The van der Waals surface area contributed by atoms with Crippen molar-refractivity contribution in [2.24, 2.45) is 0 Å². The number of carbonyl (C=O) groups is 3. The van der Waals surface area contributed by atoms with Gasteiger partial charge in [0.05, 0.1) is 4.88 Å². The zero-order valence-electron chi connectivity index (χ0n) is 16.0. The summed E-state index contributed by atoms with van der Waals surface area (Å²) in [6, 6.07) is 10.4. The van der Waals surface area contributed by atoms with E-state index in [4.69, 9.17) is 4.74 Å². The van der Waals surface area contributed by atoms with Crippen molar-refractivity contribution in [3.05, 3.63) is 52.2 Å². The summed E-state index contributed by atoms with van der Waals surface area (Å²) in [7, 11) is 0. The Morgan fingerprint density at radius 3 is 2.64 bits per heavy atom. The lowest BCUT2D eigenvalue weighted by molar-refractivity contribution is -0.156. The zero-order valence-corrected chi connectivity index (χ0v) is 16.8. The van der Waals surface area contributed by atoms with Gasteiger partial charge in [-0.25, -0.2) is 4.79 Å². The van der Waals surface area contributed by atoms with E-state index in [0.29, 0.717) is 23.5 Å². The first kappa shape index (κ1) is 20.1. The summed E-state index contributed by atoms with van der Waals surface area (Å²) in [5, 5.41) is 4.58. The lowest BCUT2D eigenvalue weighted by atomic mass is 10.1. The predicted molar refractivity (Wildman–Crippen MR) is 108 cm³/mol. The van der Waals surface area contributed by atoms with Crippen molar-refractivity contribution in [2.45, 2.75) is 45.3 Å². The second kappa shape index (κ2) is 9.01. The average Bonchev–Trinajstić information content (AvgIpc) is 3.40. The first-order chi connectivity index (χ1) is 13.5. The summed E-state index contributed by atoms with van der Waals surface area (Å²) < 4.78 is 5.37. The Kier molecular flexibility index (Phi) is 6.46. The SMILES string of the molecule is CCc1ccc(NC(=O)[C@@H](C)OC(=O)[C@@H]2CCCN2C(=O)c2cccs2)cc1. The van der Waals surface area contributed by atoms with Crippen LogP contribution in [0, 0.1) is 0 Å². The molecule has 148 valence electrons. The zero-order chi connectivity index (χ0) is 20.1. The number of aryl methyl sites for hydroxylation is 1. The van der Waals surface area contributed by atoms with Gasteiger partial charge in [0.15, 0.2) is 6.10 Å². The Hall–Kier alpha value is -2.67. The van der Waals surface area contributed by atoms with Crippen molar-refractivity contribution in [3.63, 3.8) is 0 Å². The monoisotopic (exact) mass is 400 g/mol. The highest BCUT2D eigenvalue weighted by Crippen LogP contribution is 2.23. The molecular formula is C21H24N2O4S. The van der Waals surface area contributed by atoms with Gasteiger partial charge in [-0.15, -0.1) is 11.3 Å². The molecule has 0 saturated carbocycles. The maximum Gasteiger partial charge on any atom is 0.329 e. The summed E-state index contributed by atoms with van der Waals surface area (Å²) in [4.78, 5) is 39.7. The number of amides is 2. The first-order valence-corrected chi connectivity index (χ1v) is 10.3. The molecule has 6 nitrogen and oxygen atoms in total. The van der Waals surface area contributed by atoms with Crippen molar-refractivity contribution in [1.82, 2.24) is 4.90 Å². The molecule has 28 heavy (non-hydrogen) atoms. The summed E-state index contributed by atoms with van der Waals surface area (Å²) in [5.74, 6) is -1.10. The lowest BCUT2D eigenvalue weighted by Gasteiger charge is -2.24. The summed E-state index contributed by atoms with van der Waals surface area (Å²) in [6.07, 6.45) is 1.26. The average molecular weight is 401 g/mol. The van der Waals surface area contributed by atoms with Gasteiger partial charge in [0.25, 0.3) is 11.8 Å². The van der Waals surface area contributed by atoms with Gasteiger partial charge < -0.3 is 15.0 Å². The summed E-state index contributed by atoms with van der Waals surface area (Å²) in [5.41, 5.74) is 1.83. The quantitative estimate of drug-likeness (QED) is 0.753. The van der Waals surface area contributed by atoms with Gasteiger partial charge in [0.1, 0.15) is 6.04 Å². The smallest absolute Gasteiger partial charge is 0.329 e. The van der Waals surface area contributed by atoms with Crippen LogP contribution in [0.3, 0.4) is 0 Å². The number of thiophene rings is 1. The maximum absolute atomic E-state index is 12.6. The van der Waals surface area contributed by atoms with Crippen LogP contribution in [0.15, 0.2) is 41.8 Å². The minimum atomic E-state index is -0.947. The summed E-state index contributed by atoms with van der Waals surface area (Å²) >= 11 is 1.35. The number of ether oxygens (including phenoxy) is 1. The fourth-order valence-corrected chi connectivity index (χ4v) is 3.85. The van der Waals surface area contributed by atoms with Crippen LogP contribution in [-0.4, -0.2) is 41.4 Å². The van der Waals surface area contributed by atoms with Crippen LogP contribution in [-0.2, 0) is 20.7 Å². The molecule has 1 fully saturated rings. The molecule has 0 aliphatic carbocycles. The maximum atomic E-state index is 12.6. The minimum Gasteiger partial charge on any atom is -0.451 e. The van der Waals surface area contributed by atoms with Crippen LogP contribution in [0.4, 0.5) is 5.69 Å². The molecule has 1 N–H and O–H groups in total. The van der Waals surface area contributed by atoms with Crippen molar-refractivity contribution < 1.29 is 19.1 Å². The Morgan fingerprint density at radius 2 is 2.00 bits per heavy atom. The number of likely N-dealkylation sites (tertiary alicyclic amines) is 1. The molecule has 1 aromatic heterocycles. The Bertz CT molecular complexity index is 833. The van der Waals surface area contributed by atoms with E-state index in [1.807, 2.05) is 29.6 Å². The molecule has 3 rings (SSSR count). The van der Waals surface area contributed by atoms with Crippen molar-refractivity contribution in [1.29, 1.82) is 0 Å². The van der Waals surface area contributed by atoms with Crippen LogP contribution in [0.5, 0.6) is 0 Å². The number of carbonyl (C=O) groups excluding carboxylic acids is 3. The number of hydrogen-bond donors (Lipinski definition) is 1. The molecule has 0 spiro atoms. The third-order valence-corrected chi connectivity index (χ3v) is 5.67. The number of nitrogens with one attached hydrogen (secondary N) is 1. The number of nitrogens with zero attached hydrogens (tertiary/aromatic N) is 1. The molecule has 2 amide bonds. The molecule has 1 aliphatic heterocycles. The molecule has 1 saturated heterocycles.